The lowest BCUT2D eigenvalue weighted by Crippen LogP contribution is -2.48. The van der Waals surface area contributed by atoms with Crippen molar-refractivity contribution in [3.8, 4) is 0 Å². The Kier molecular flexibility index (Phi) is 10.6. The van der Waals surface area contributed by atoms with E-state index in [2.05, 4.69) is 28.5 Å². The van der Waals surface area contributed by atoms with Gasteiger partial charge in [0.15, 0.2) is 5.96 Å². The van der Waals surface area contributed by atoms with Crippen molar-refractivity contribution >= 4 is 17.6 Å². The zero-order valence-electron chi connectivity index (χ0n) is 16.8. The molecule has 0 unspecified atom stereocenters. The van der Waals surface area contributed by atoms with Crippen molar-refractivity contribution in [1.29, 1.82) is 0 Å². The number of hydrogen-bond acceptors (Lipinski definition) is 3. The van der Waals surface area contributed by atoms with E-state index in [4.69, 9.17) is 21.3 Å². The molecule has 1 heterocycles. The molecular weight excluding hydrogens is 360 g/mol. The number of rotatable bonds is 10. The van der Waals surface area contributed by atoms with Crippen LogP contribution in [0.4, 0.5) is 0 Å². The molecule has 0 amide bonds. The summed E-state index contributed by atoms with van der Waals surface area (Å²) in [6.45, 7) is 8.07. The molecule has 0 aliphatic carbocycles. The van der Waals surface area contributed by atoms with Crippen LogP contribution >= 0.6 is 11.6 Å². The van der Waals surface area contributed by atoms with Crippen LogP contribution in [0.25, 0.3) is 0 Å². The summed E-state index contributed by atoms with van der Waals surface area (Å²) in [5, 5.41) is 7.84. The van der Waals surface area contributed by atoms with Crippen LogP contribution < -0.4 is 10.6 Å². The molecular formula is C21H35ClN4O. The van der Waals surface area contributed by atoms with Gasteiger partial charge in [-0.1, -0.05) is 29.8 Å². The van der Waals surface area contributed by atoms with E-state index in [0.717, 1.165) is 82.4 Å². The van der Waals surface area contributed by atoms with Gasteiger partial charge in [-0.2, -0.15) is 0 Å². The SMILES string of the molecule is CCNC(=NCCCc1ccccc1Cl)NC1CCN(CCCOC)CC1. The maximum Gasteiger partial charge on any atom is 0.191 e. The summed E-state index contributed by atoms with van der Waals surface area (Å²) >= 11 is 6.22. The molecule has 0 bridgehead atoms. The first-order valence-electron chi connectivity index (χ1n) is 10.2. The molecule has 0 spiro atoms. The van der Waals surface area contributed by atoms with Gasteiger partial charge in [-0.3, -0.25) is 4.99 Å². The van der Waals surface area contributed by atoms with Gasteiger partial charge in [0, 0.05) is 57.5 Å². The molecule has 0 saturated carbocycles. The number of likely N-dealkylation sites (tertiary alicyclic amines) is 1. The van der Waals surface area contributed by atoms with E-state index in [1.807, 2.05) is 18.2 Å². The van der Waals surface area contributed by atoms with Crippen molar-refractivity contribution in [1.82, 2.24) is 15.5 Å². The predicted octanol–water partition coefficient (Wildman–Crippen LogP) is 3.33. The Labute approximate surface area is 169 Å². The van der Waals surface area contributed by atoms with Crippen LogP contribution in [-0.4, -0.2) is 63.3 Å². The van der Waals surface area contributed by atoms with Gasteiger partial charge in [0.25, 0.3) is 0 Å². The Morgan fingerprint density at radius 3 is 2.74 bits per heavy atom. The molecule has 1 fully saturated rings. The van der Waals surface area contributed by atoms with E-state index in [-0.39, 0.29) is 0 Å². The standard InChI is InChI=1S/C21H35ClN4O/c1-3-23-21(24-13-6-9-18-8-4-5-10-20(18)22)25-19-11-15-26(16-12-19)14-7-17-27-2/h4-5,8,10,19H,3,6-7,9,11-17H2,1-2H3,(H2,23,24,25). The first-order chi connectivity index (χ1) is 13.2. The highest BCUT2D eigenvalue weighted by Gasteiger charge is 2.19. The van der Waals surface area contributed by atoms with E-state index in [9.17, 15) is 0 Å². The average Bonchev–Trinajstić information content (AvgIpc) is 2.68. The minimum atomic E-state index is 0.505. The van der Waals surface area contributed by atoms with Crippen molar-refractivity contribution in [2.24, 2.45) is 4.99 Å². The molecule has 1 aromatic carbocycles. The molecule has 2 rings (SSSR count). The van der Waals surface area contributed by atoms with Gasteiger partial charge >= 0.3 is 0 Å². The Hall–Kier alpha value is -1.30. The van der Waals surface area contributed by atoms with E-state index in [0.29, 0.717) is 6.04 Å². The molecule has 1 aromatic rings. The van der Waals surface area contributed by atoms with E-state index in [1.54, 1.807) is 7.11 Å². The maximum absolute atomic E-state index is 6.22. The third-order valence-electron chi connectivity index (χ3n) is 4.93. The van der Waals surface area contributed by atoms with Crippen LogP contribution in [0.2, 0.25) is 5.02 Å². The second-order valence-corrected chi connectivity index (χ2v) is 7.47. The zero-order valence-corrected chi connectivity index (χ0v) is 17.6. The molecule has 5 nitrogen and oxygen atoms in total. The fourth-order valence-electron chi connectivity index (χ4n) is 3.41. The minimum Gasteiger partial charge on any atom is -0.385 e. The minimum absolute atomic E-state index is 0.505. The lowest BCUT2D eigenvalue weighted by Gasteiger charge is -2.33. The second kappa shape index (κ2) is 13.0. The fraction of sp³-hybridized carbons (Fsp3) is 0.667. The lowest BCUT2D eigenvalue weighted by atomic mass is 10.1. The maximum atomic E-state index is 6.22. The molecule has 1 aliphatic heterocycles. The number of halogens is 1. The second-order valence-electron chi connectivity index (χ2n) is 7.06. The summed E-state index contributed by atoms with van der Waals surface area (Å²) < 4.78 is 5.14. The van der Waals surface area contributed by atoms with Crippen LogP contribution in [-0.2, 0) is 11.2 Å². The monoisotopic (exact) mass is 394 g/mol. The third kappa shape index (κ3) is 8.50. The molecule has 2 N–H and O–H groups in total. The van der Waals surface area contributed by atoms with Gasteiger partial charge in [0.2, 0.25) is 0 Å². The molecule has 0 atom stereocenters. The zero-order chi connectivity index (χ0) is 19.3. The van der Waals surface area contributed by atoms with Crippen molar-refractivity contribution < 1.29 is 4.74 Å². The number of aliphatic imine (C=N–C) groups is 1. The fourth-order valence-corrected chi connectivity index (χ4v) is 3.64. The molecule has 27 heavy (non-hydrogen) atoms. The summed E-state index contributed by atoms with van der Waals surface area (Å²) in [7, 11) is 1.77. The van der Waals surface area contributed by atoms with E-state index in [1.165, 1.54) is 5.56 Å². The number of ether oxygens (including phenoxy) is 1. The number of aryl methyl sites for hydroxylation is 1. The van der Waals surface area contributed by atoms with Gasteiger partial charge in [-0.05, 0) is 50.7 Å². The number of hydrogen-bond donors (Lipinski definition) is 2. The number of nitrogens with one attached hydrogen (secondary N) is 2. The van der Waals surface area contributed by atoms with Crippen LogP contribution in [0.1, 0.15) is 38.2 Å². The molecule has 152 valence electrons. The summed E-state index contributed by atoms with van der Waals surface area (Å²) in [6, 6.07) is 8.56. The molecule has 0 aromatic heterocycles. The third-order valence-corrected chi connectivity index (χ3v) is 5.30. The van der Waals surface area contributed by atoms with Crippen molar-refractivity contribution in [3.63, 3.8) is 0 Å². The van der Waals surface area contributed by atoms with E-state index < -0.39 is 0 Å². The first kappa shape index (κ1) is 22.0. The topological polar surface area (TPSA) is 48.9 Å². The number of piperidine rings is 1. The van der Waals surface area contributed by atoms with Crippen LogP contribution in [0, 0.1) is 0 Å². The first-order valence-corrected chi connectivity index (χ1v) is 10.6. The normalized spacial score (nSPS) is 16.5. The number of methoxy groups -OCH3 is 1. The smallest absolute Gasteiger partial charge is 0.191 e. The average molecular weight is 395 g/mol. The Bertz CT molecular complexity index is 559. The molecule has 6 heteroatoms. The predicted molar refractivity (Wildman–Crippen MR) is 115 cm³/mol. The summed E-state index contributed by atoms with van der Waals surface area (Å²) in [5.41, 5.74) is 1.20. The van der Waals surface area contributed by atoms with Gasteiger partial charge in [0.05, 0.1) is 0 Å². The largest absolute Gasteiger partial charge is 0.385 e. The highest BCUT2D eigenvalue weighted by molar-refractivity contribution is 6.31. The molecule has 0 radical (unpaired) electrons. The Morgan fingerprint density at radius 2 is 2.04 bits per heavy atom. The van der Waals surface area contributed by atoms with Crippen molar-refractivity contribution in [3.05, 3.63) is 34.9 Å². The number of guanidine groups is 1. The summed E-state index contributed by atoms with van der Waals surface area (Å²) in [5.74, 6) is 0.939. The highest BCUT2D eigenvalue weighted by Crippen LogP contribution is 2.16. The molecule has 1 aliphatic rings. The van der Waals surface area contributed by atoms with Gasteiger partial charge in [0.1, 0.15) is 0 Å². The van der Waals surface area contributed by atoms with Gasteiger partial charge in [-0.25, -0.2) is 0 Å². The van der Waals surface area contributed by atoms with Crippen molar-refractivity contribution in [2.75, 3.05) is 46.4 Å². The summed E-state index contributed by atoms with van der Waals surface area (Å²) in [6.07, 6.45) is 5.40. The number of benzene rings is 1. The highest BCUT2D eigenvalue weighted by atomic mass is 35.5. The number of nitrogens with zero attached hydrogens (tertiary/aromatic N) is 2. The summed E-state index contributed by atoms with van der Waals surface area (Å²) in [4.78, 5) is 7.29. The van der Waals surface area contributed by atoms with Gasteiger partial charge < -0.3 is 20.3 Å². The quantitative estimate of drug-likeness (QED) is 0.363. The molecule has 1 saturated heterocycles. The Morgan fingerprint density at radius 1 is 1.26 bits per heavy atom. The van der Waals surface area contributed by atoms with E-state index >= 15 is 0 Å². The van der Waals surface area contributed by atoms with Crippen molar-refractivity contribution in [2.45, 2.75) is 45.1 Å². The van der Waals surface area contributed by atoms with Crippen LogP contribution in [0.5, 0.6) is 0 Å². The van der Waals surface area contributed by atoms with Crippen LogP contribution in [0.15, 0.2) is 29.3 Å². The lowest BCUT2D eigenvalue weighted by molar-refractivity contribution is 0.155. The Balaban J connectivity index is 1.71. The van der Waals surface area contributed by atoms with Crippen LogP contribution in [0.3, 0.4) is 0 Å². The van der Waals surface area contributed by atoms with Gasteiger partial charge in [-0.15, -0.1) is 0 Å².